The van der Waals surface area contributed by atoms with Crippen LogP contribution in [0.15, 0.2) is 60.8 Å². The van der Waals surface area contributed by atoms with Crippen molar-refractivity contribution >= 4 is 16.9 Å². The first-order valence-electron chi connectivity index (χ1n) is 11.4. The molecule has 4 aromatic rings. The molecule has 6 nitrogen and oxygen atoms in total. The molecule has 0 bridgehead atoms. The van der Waals surface area contributed by atoms with E-state index in [0.29, 0.717) is 42.1 Å². The zero-order valence-electron chi connectivity index (χ0n) is 18.6. The number of aryl methyl sites for hydroxylation is 1. The molecular formula is C27H23FN2O4. The molecule has 1 fully saturated rings. The lowest BCUT2D eigenvalue weighted by molar-refractivity contribution is -0.138. The maximum absolute atomic E-state index is 14.9. The average Bonchev–Trinajstić information content (AvgIpc) is 3.41. The highest BCUT2D eigenvalue weighted by atomic mass is 19.1. The Hall–Kier alpha value is -3.87. The van der Waals surface area contributed by atoms with Crippen LogP contribution < -0.4 is 9.47 Å². The number of rotatable bonds is 6. The molecule has 6 rings (SSSR count). The smallest absolute Gasteiger partial charge is 0.307 e. The molecule has 1 saturated carbocycles. The van der Waals surface area contributed by atoms with Gasteiger partial charge < -0.3 is 14.6 Å². The number of ether oxygens (including phenoxy) is 2. The van der Waals surface area contributed by atoms with E-state index in [1.807, 2.05) is 49.5 Å². The molecule has 0 amide bonds. The van der Waals surface area contributed by atoms with Crippen LogP contribution in [0.1, 0.15) is 41.6 Å². The normalized spacial score (nSPS) is 20.8. The van der Waals surface area contributed by atoms with Gasteiger partial charge in [0, 0.05) is 29.6 Å². The van der Waals surface area contributed by atoms with Crippen molar-refractivity contribution in [3.8, 4) is 17.2 Å². The maximum Gasteiger partial charge on any atom is 0.307 e. The van der Waals surface area contributed by atoms with E-state index in [2.05, 4.69) is 5.10 Å². The van der Waals surface area contributed by atoms with Crippen molar-refractivity contribution in [2.75, 3.05) is 0 Å². The van der Waals surface area contributed by atoms with Crippen molar-refractivity contribution in [3.05, 3.63) is 83.3 Å². The van der Waals surface area contributed by atoms with Gasteiger partial charge in [0.25, 0.3) is 0 Å². The zero-order valence-corrected chi connectivity index (χ0v) is 18.6. The minimum atomic E-state index is -0.748. The van der Waals surface area contributed by atoms with E-state index in [0.717, 1.165) is 22.0 Å². The molecule has 2 aliphatic carbocycles. The lowest BCUT2D eigenvalue weighted by atomic mass is 10.1. The van der Waals surface area contributed by atoms with Crippen molar-refractivity contribution in [1.29, 1.82) is 0 Å². The summed E-state index contributed by atoms with van der Waals surface area (Å²) in [5.74, 6) is 0.674. The van der Waals surface area contributed by atoms with Gasteiger partial charge in [-0.05, 0) is 67.1 Å². The van der Waals surface area contributed by atoms with Crippen LogP contribution in [0.4, 0.5) is 4.39 Å². The molecule has 7 heteroatoms. The highest BCUT2D eigenvalue weighted by Gasteiger charge is 2.44. The summed E-state index contributed by atoms with van der Waals surface area (Å²) in [6, 6.07) is 16.4. The van der Waals surface area contributed by atoms with Gasteiger partial charge in [0.05, 0.1) is 17.6 Å². The molecule has 2 aliphatic rings. The summed E-state index contributed by atoms with van der Waals surface area (Å²) in [7, 11) is 1.88. The third-order valence-electron chi connectivity index (χ3n) is 6.88. The summed E-state index contributed by atoms with van der Waals surface area (Å²) in [5.41, 5.74) is 3.32. The van der Waals surface area contributed by atoms with Crippen LogP contribution in [-0.2, 0) is 18.3 Å². The maximum atomic E-state index is 14.9. The summed E-state index contributed by atoms with van der Waals surface area (Å²) in [5, 5.41) is 14.4. The van der Waals surface area contributed by atoms with Gasteiger partial charge in [-0.25, -0.2) is 4.39 Å². The zero-order chi connectivity index (χ0) is 23.4. The molecule has 0 radical (unpaired) electrons. The van der Waals surface area contributed by atoms with Crippen LogP contribution in [0, 0.1) is 11.7 Å². The van der Waals surface area contributed by atoms with Gasteiger partial charge in [-0.3, -0.25) is 9.48 Å². The van der Waals surface area contributed by atoms with Crippen LogP contribution >= 0.6 is 0 Å². The number of aliphatic carboxylic acids is 1. The number of aromatic nitrogens is 2. The topological polar surface area (TPSA) is 73.6 Å². The largest absolute Gasteiger partial charge is 0.486 e. The predicted molar refractivity (Wildman–Crippen MR) is 124 cm³/mol. The lowest BCUT2D eigenvalue weighted by Gasteiger charge is -2.17. The number of nitrogens with zero attached hydrogens (tertiary/aromatic N) is 2. The van der Waals surface area contributed by atoms with Gasteiger partial charge in [0.2, 0.25) is 0 Å². The van der Waals surface area contributed by atoms with E-state index in [9.17, 15) is 9.18 Å². The quantitative estimate of drug-likeness (QED) is 0.398. The number of benzene rings is 3. The fourth-order valence-electron chi connectivity index (χ4n) is 4.96. The lowest BCUT2D eigenvalue weighted by Crippen LogP contribution is -2.06. The Labute approximate surface area is 195 Å². The Balaban J connectivity index is 1.22. The average molecular weight is 458 g/mol. The molecular weight excluding hydrogens is 435 g/mol. The summed E-state index contributed by atoms with van der Waals surface area (Å²) in [6.45, 7) is 0. The van der Waals surface area contributed by atoms with Crippen molar-refractivity contribution < 1.29 is 23.8 Å². The Kier molecular flexibility index (Phi) is 4.79. The molecule has 1 N–H and O–H groups in total. The van der Waals surface area contributed by atoms with E-state index < -0.39 is 12.1 Å². The van der Waals surface area contributed by atoms with Crippen LogP contribution in [0.25, 0.3) is 10.9 Å². The minimum absolute atomic E-state index is 0.0708. The third-order valence-corrected chi connectivity index (χ3v) is 6.88. The number of hydrogen-bond acceptors (Lipinski definition) is 4. The first-order chi connectivity index (χ1) is 16.5. The summed E-state index contributed by atoms with van der Waals surface area (Å²) in [6.07, 6.45) is 3.38. The highest BCUT2D eigenvalue weighted by Crippen LogP contribution is 2.48. The Bertz CT molecular complexity index is 1410. The summed E-state index contributed by atoms with van der Waals surface area (Å²) < 4.78 is 29.0. The van der Waals surface area contributed by atoms with E-state index in [1.165, 1.54) is 6.07 Å². The SMILES string of the molecule is Cn1ncc2ccc(Oc3ccc(F)c4c3CCC4Oc3ccc(C4C[C@@H]4C(=O)O)cc3)cc21. The number of carboxylic acid groups (broad SMARTS) is 1. The molecule has 0 saturated heterocycles. The highest BCUT2D eigenvalue weighted by molar-refractivity contribution is 5.80. The standard InChI is InChI=1S/C27H23FN2O4/c1-30-23-12-18(7-4-16(23)14-29-30)34-24-11-9-22(28)26-19(24)8-10-25(26)33-17-5-2-15(3-6-17)20-13-21(20)27(31)32/h2-7,9,11-12,14,20-21,25H,8,10,13H2,1H3,(H,31,32)/t20?,21-,25?/m0/s1. The molecule has 1 heterocycles. The van der Waals surface area contributed by atoms with Gasteiger partial charge >= 0.3 is 5.97 Å². The van der Waals surface area contributed by atoms with E-state index in [1.54, 1.807) is 16.9 Å². The Morgan fingerprint density at radius 3 is 2.68 bits per heavy atom. The molecule has 0 aliphatic heterocycles. The molecule has 3 aromatic carbocycles. The van der Waals surface area contributed by atoms with Gasteiger partial charge in [-0.1, -0.05) is 12.1 Å². The van der Waals surface area contributed by atoms with E-state index >= 15 is 0 Å². The summed E-state index contributed by atoms with van der Waals surface area (Å²) in [4.78, 5) is 11.1. The van der Waals surface area contributed by atoms with Crippen LogP contribution in [-0.4, -0.2) is 20.9 Å². The van der Waals surface area contributed by atoms with Crippen molar-refractivity contribution in [2.24, 2.45) is 13.0 Å². The molecule has 172 valence electrons. The molecule has 2 unspecified atom stereocenters. The first-order valence-corrected chi connectivity index (χ1v) is 11.4. The number of carbonyl (C=O) groups is 1. The van der Waals surface area contributed by atoms with Gasteiger partial charge in [0.15, 0.2) is 0 Å². The molecule has 34 heavy (non-hydrogen) atoms. The second-order valence-corrected chi connectivity index (χ2v) is 9.03. The van der Waals surface area contributed by atoms with Gasteiger partial charge in [-0.2, -0.15) is 5.10 Å². The second kappa shape index (κ2) is 7.87. The number of carboxylic acids is 1. The van der Waals surface area contributed by atoms with E-state index in [4.69, 9.17) is 14.6 Å². The number of halogens is 1. The van der Waals surface area contributed by atoms with Crippen molar-refractivity contribution in [3.63, 3.8) is 0 Å². The number of fused-ring (bicyclic) bond motifs is 2. The van der Waals surface area contributed by atoms with Crippen LogP contribution in [0.2, 0.25) is 0 Å². The fourth-order valence-corrected chi connectivity index (χ4v) is 4.96. The Morgan fingerprint density at radius 2 is 1.91 bits per heavy atom. The van der Waals surface area contributed by atoms with Crippen molar-refractivity contribution in [1.82, 2.24) is 9.78 Å². The van der Waals surface area contributed by atoms with Gasteiger partial charge in [-0.15, -0.1) is 0 Å². The minimum Gasteiger partial charge on any atom is -0.486 e. The Morgan fingerprint density at radius 1 is 1.12 bits per heavy atom. The molecule has 3 atom stereocenters. The third kappa shape index (κ3) is 3.57. The molecule has 1 aromatic heterocycles. The predicted octanol–water partition coefficient (Wildman–Crippen LogP) is 5.76. The van der Waals surface area contributed by atoms with Crippen LogP contribution in [0.5, 0.6) is 17.2 Å². The molecule has 0 spiro atoms. The van der Waals surface area contributed by atoms with Crippen LogP contribution in [0.3, 0.4) is 0 Å². The van der Waals surface area contributed by atoms with Gasteiger partial charge in [0.1, 0.15) is 29.2 Å². The summed E-state index contributed by atoms with van der Waals surface area (Å²) >= 11 is 0. The van der Waals surface area contributed by atoms with E-state index in [-0.39, 0.29) is 17.7 Å². The number of hydrogen-bond donors (Lipinski definition) is 1. The first kappa shape index (κ1) is 20.7. The second-order valence-electron chi connectivity index (χ2n) is 9.03. The monoisotopic (exact) mass is 458 g/mol. The van der Waals surface area contributed by atoms with Crippen molar-refractivity contribution in [2.45, 2.75) is 31.3 Å². The fraction of sp³-hybridized carbons (Fsp3) is 0.259.